The molecular formula is C34H37ClN8O11. The molecule has 0 atom stereocenters. The predicted molar refractivity (Wildman–Crippen MR) is 192 cm³/mol. The second-order valence-electron chi connectivity index (χ2n) is 11.3. The Morgan fingerprint density at radius 1 is 0.944 bits per heavy atom. The number of hydrazine groups is 1. The van der Waals surface area contributed by atoms with Crippen LogP contribution in [0.1, 0.15) is 59.2 Å². The number of hydrogen-bond acceptors (Lipinski definition) is 15. The minimum Gasteiger partial charge on any atom is -0.461 e. The summed E-state index contributed by atoms with van der Waals surface area (Å²) in [7, 11) is 0. The molecule has 19 nitrogen and oxygen atoms in total. The van der Waals surface area contributed by atoms with E-state index in [0.29, 0.717) is 23.4 Å². The standard InChI is InChI=1S/C34H37ClN8O11/c1-2-3-12-29-38-31(35)30(33(44)50-17-7-18-52-42(46)47)40(29)20-23-13-15-25(16-14-23)27-10-4-5-11-28(27)32(36)39-41(37)22-51-34(45)54-26-9-6-8-24(19-26)21-53-43(48)49/h4-6,8-11,13-16,19H,2-3,7,12,17-18,20-22,37H2,1H3,(H2,36,39). The number of carbonyl (C=O) groups excluding carboxylic acids is 2. The summed E-state index contributed by atoms with van der Waals surface area (Å²) in [6, 6.07) is 20.6. The van der Waals surface area contributed by atoms with E-state index < -0.39 is 29.0 Å². The van der Waals surface area contributed by atoms with Crippen molar-refractivity contribution in [2.75, 3.05) is 19.9 Å². The normalized spacial score (nSPS) is 11.1. The number of nitrogens with two attached hydrogens (primary N) is 2. The van der Waals surface area contributed by atoms with Crippen LogP contribution in [0.2, 0.25) is 5.15 Å². The molecule has 0 spiro atoms. The van der Waals surface area contributed by atoms with E-state index in [0.717, 1.165) is 34.6 Å². The Hall–Kier alpha value is -6.47. The summed E-state index contributed by atoms with van der Waals surface area (Å²) in [4.78, 5) is 59.1. The first kappa shape index (κ1) is 40.3. The average Bonchev–Trinajstić information content (AvgIpc) is 3.46. The van der Waals surface area contributed by atoms with Gasteiger partial charge in [0.2, 0.25) is 0 Å². The Kier molecular flexibility index (Phi) is 14.9. The van der Waals surface area contributed by atoms with Crippen LogP contribution in [0.25, 0.3) is 11.1 Å². The van der Waals surface area contributed by atoms with Crippen molar-refractivity contribution in [3.05, 3.63) is 126 Å². The van der Waals surface area contributed by atoms with Gasteiger partial charge in [-0.2, -0.15) is 5.12 Å². The van der Waals surface area contributed by atoms with Crippen LogP contribution in [0.5, 0.6) is 5.75 Å². The highest BCUT2D eigenvalue weighted by molar-refractivity contribution is 6.32. The lowest BCUT2D eigenvalue weighted by atomic mass is 9.98. The molecule has 0 amide bonds. The first-order valence-corrected chi connectivity index (χ1v) is 16.8. The third kappa shape index (κ3) is 12.1. The van der Waals surface area contributed by atoms with Crippen molar-refractivity contribution in [3.8, 4) is 16.9 Å². The van der Waals surface area contributed by atoms with Gasteiger partial charge in [-0.05, 0) is 40.8 Å². The Balaban J connectivity index is 1.42. The minimum atomic E-state index is -1.10. The van der Waals surface area contributed by atoms with Gasteiger partial charge < -0.3 is 34.2 Å². The molecule has 286 valence electrons. The summed E-state index contributed by atoms with van der Waals surface area (Å²) in [5.41, 5.74) is 9.67. The summed E-state index contributed by atoms with van der Waals surface area (Å²) in [5.74, 6) is 5.93. The zero-order chi connectivity index (χ0) is 39.0. The second kappa shape index (κ2) is 20.0. The van der Waals surface area contributed by atoms with Crippen molar-refractivity contribution in [1.82, 2.24) is 14.7 Å². The fourth-order valence-electron chi connectivity index (χ4n) is 5.01. The van der Waals surface area contributed by atoms with Crippen LogP contribution in [-0.4, -0.2) is 62.7 Å². The number of esters is 1. The highest BCUT2D eigenvalue weighted by Gasteiger charge is 2.24. The Labute approximate surface area is 313 Å². The number of benzene rings is 3. The SMILES string of the molecule is CCCCc1nc(Cl)c(C(=O)OCCCO[N+](=O)[O-])n1Cc1ccc(-c2ccccc2/C(N)=N/N(N)COC(=O)Oc2cccc(CO[N+](=O)[O-])c2)cc1. The Bertz CT molecular complexity index is 1960. The van der Waals surface area contributed by atoms with Crippen LogP contribution in [-0.2, 0) is 38.7 Å². The van der Waals surface area contributed by atoms with Gasteiger partial charge in [0.1, 0.15) is 18.2 Å². The number of amidine groups is 1. The molecule has 1 heterocycles. The minimum absolute atomic E-state index is 0.00285. The summed E-state index contributed by atoms with van der Waals surface area (Å²) in [6.07, 6.45) is 1.30. The molecule has 3 aromatic carbocycles. The fourth-order valence-corrected chi connectivity index (χ4v) is 5.29. The lowest BCUT2D eigenvalue weighted by molar-refractivity contribution is -0.763. The summed E-state index contributed by atoms with van der Waals surface area (Å²) in [6.45, 7) is 1.11. The van der Waals surface area contributed by atoms with Gasteiger partial charge in [0.25, 0.3) is 10.2 Å². The van der Waals surface area contributed by atoms with Crippen molar-refractivity contribution < 1.29 is 43.6 Å². The van der Waals surface area contributed by atoms with E-state index in [9.17, 15) is 29.8 Å². The summed E-state index contributed by atoms with van der Waals surface area (Å²) < 4.78 is 17.1. The number of nitrogens with zero attached hydrogens (tertiary/aromatic N) is 6. The van der Waals surface area contributed by atoms with Crippen molar-refractivity contribution >= 4 is 29.6 Å². The smallest absolute Gasteiger partial charge is 0.461 e. The molecule has 54 heavy (non-hydrogen) atoms. The molecule has 4 rings (SSSR count). The van der Waals surface area contributed by atoms with E-state index in [1.54, 1.807) is 22.8 Å². The number of hydrogen-bond donors (Lipinski definition) is 2. The van der Waals surface area contributed by atoms with Gasteiger partial charge in [0.15, 0.2) is 23.4 Å². The van der Waals surface area contributed by atoms with Gasteiger partial charge in [0.05, 0.1) is 13.2 Å². The van der Waals surface area contributed by atoms with E-state index in [2.05, 4.69) is 19.8 Å². The third-order valence-corrected chi connectivity index (χ3v) is 7.73. The van der Waals surface area contributed by atoms with Crippen molar-refractivity contribution in [1.29, 1.82) is 0 Å². The molecule has 0 aliphatic rings. The molecule has 1 aromatic heterocycles. The lowest BCUT2D eigenvalue weighted by Crippen LogP contribution is -2.33. The zero-order valence-corrected chi connectivity index (χ0v) is 29.8. The molecule has 4 N–H and O–H groups in total. The molecule has 0 fully saturated rings. The topological polar surface area (TPSA) is 252 Å². The molecule has 20 heteroatoms. The number of rotatable bonds is 20. The number of ether oxygens (including phenoxy) is 3. The first-order chi connectivity index (χ1) is 25.9. The molecule has 0 saturated carbocycles. The van der Waals surface area contributed by atoms with Gasteiger partial charge >= 0.3 is 12.1 Å². The third-order valence-electron chi connectivity index (χ3n) is 7.47. The van der Waals surface area contributed by atoms with Gasteiger partial charge in [-0.25, -0.2) is 20.4 Å². The molecule has 0 unspecified atom stereocenters. The Morgan fingerprint density at radius 3 is 2.41 bits per heavy atom. The Morgan fingerprint density at radius 2 is 1.69 bits per heavy atom. The predicted octanol–water partition coefficient (Wildman–Crippen LogP) is 5.03. The summed E-state index contributed by atoms with van der Waals surface area (Å²) in [5, 5.41) is 23.9. The fraction of sp³-hybridized carbons (Fsp3) is 0.294. The van der Waals surface area contributed by atoms with Gasteiger partial charge in [-0.3, -0.25) is 0 Å². The van der Waals surface area contributed by atoms with Crippen LogP contribution in [0, 0.1) is 20.2 Å². The number of aromatic nitrogens is 2. The van der Waals surface area contributed by atoms with Gasteiger partial charge in [-0.15, -0.1) is 25.3 Å². The largest absolute Gasteiger partial charge is 0.515 e. The van der Waals surface area contributed by atoms with Crippen LogP contribution >= 0.6 is 11.6 Å². The van der Waals surface area contributed by atoms with Crippen LogP contribution in [0.4, 0.5) is 4.79 Å². The van der Waals surface area contributed by atoms with Crippen LogP contribution < -0.4 is 16.3 Å². The van der Waals surface area contributed by atoms with E-state index >= 15 is 0 Å². The van der Waals surface area contributed by atoms with Gasteiger partial charge in [0, 0.05) is 24.9 Å². The van der Waals surface area contributed by atoms with Crippen molar-refractivity contribution in [2.24, 2.45) is 16.7 Å². The first-order valence-electron chi connectivity index (χ1n) is 16.4. The number of hydrazone groups is 1. The molecule has 0 bridgehead atoms. The van der Waals surface area contributed by atoms with E-state index in [1.807, 2.05) is 43.3 Å². The molecule has 0 aliphatic heterocycles. The maximum Gasteiger partial charge on any atom is 0.515 e. The van der Waals surface area contributed by atoms with Crippen molar-refractivity contribution in [2.45, 2.75) is 45.8 Å². The maximum atomic E-state index is 13.0. The number of imidazole rings is 1. The molecule has 0 radical (unpaired) electrons. The quantitative estimate of drug-likeness (QED) is 0.0138. The zero-order valence-electron chi connectivity index (χ0n) is 29.0. The number of halogens is 1. The van der Waals surface area contributed by atoms with Gasteiger partial charge in [-0.1, -0.05) is 85.6 Å². The summed E-state index contributed by atoms with van der Waals surface area (Å²) >= 11 is 6.42. The van der Waals surface area contributed by atoms with Crippen LogP contribution in [0.3, 0.4) is 0 Å². The molecule has 0 aliphatic carbocycles. The van der Waals surface area contributed by atoms with E-state index in [-0.39, 0.29) is 55.2 Å². The van der Waals surface area contributed by atoms with E-state index in [4.69, 9.17) is 37.4 Å². The van der Waals surface area contributed by atoms with Crippen molar-refractivity contribution in [3.63, 3.8) is 0 Å². The van der Waals surface area contributed by atoms with E-state index in [1.165, 1.54) is 18.2 Å². The molecular weight excluding hydrogens is 732 g/mol. The maximum absolute atomic E-state index is 13.0. The average molecular weight is 769 g/mol. The molecule has 0 saturated heterocycles. The highest BCUT2D eigenvalue weighted by Crippen LogP contribution is 2.26. The monoisotopic (exact) mass is 768 g/mol. The molecule has 4 aromatic rings. The second-order valence-corrected chi connectivity index (χ2v) is 11.7. The lowest BCUT2D eigenvalue weighted by Gasteiger charge is -2.16. The number of aryl methyl sites for hydroxylation is 1. The highest BCUT2D eigenvalue weighted by atomic mass is 35.5. The van der Waals surface area contributed by atoms with Crippen LogP contribution in [0.15, 0.2) is 77.9 Å². The number of carbonyl (C=O) groups is 2. The number of unbranched alkanes of at least 4 members (excludes halogenated alkanes) is 1.